The zero-order valence-corrected chi connectivity index (χ0v) is 17.1. The Morgan fingerprint density at radius 3 is 2.48 bits per heavy atom. The molecule has 7 heteroatoms. The Balaban J connectivity index is 1.95. The van der Waals surface area contributed by atoms with E-state index in [0.29, 0.717) is 35.5 Å². The first-order valence-corrected chi connectivity index (χ1v) is 9.44. The molecule has 0 saturated carbocycles. The summed E-state index contributed by atoms with van der Waals surface area (Å²) in [5.74, 6) is -1.09. The highest BCUT2D eigenvalue weighted by molar-refractivity contribution is 6.03. The average molecular weight is 401 g/mol. The third-order valence-corrected chi connectivity index (χ3v) is 4.72. The first-order chi connectivity index (χ1) is 13.6. The van der Waals surface area contributed by atoms with Gasteiger partial charge in [0.25, 0.3) is 0 Å². The fourth-order valence-electron chi connectivity index (χ4n) is 3.18. The molecule has 3 rings (SSSR count). The van der Waals surface area contributed by atoms with Gasteiger partial charge in [-0.25, -0.2) is 13.3 Å². The average Bonchev–Trinajstić information content (AvgIpc) is 2.94. The van der Waals surface area contributed by atoms with Crippen molar-refractivity contribution in [3.05, 3.63) is 64.4 Å². The second-order valence-corrected chi connectivity index (χ2v) is 8.03. The number of Topliss-reactive ketones (excluding diaryl/α,β-unsaturated/α-hetero) is 1. The molecule has 2 heterocycles. The van der Waals surface area contributed by atoms with Crippen molar-refractivity contribution in [1.82, 2.24) is 9.61 Å². The Morgan fingerprint density at radius 2 is 1.86 bits per heavy atom. The minimum Gasteiger partial charge on any atom is -0.473 e. The SMILES string of the molecule is Cc1cc(OCc2c(F)cccc2F)n2nc(C)c(C(=O)CCC(C)(C)N)c2c1. The first kappa shape index (κ1) is 20.9. The second kappa shape index (κ2) is 7.91. The van der Waals surface area contributed by atoms with Crippen molar-refractivity contribution in [3.8, 4) is 5.88 Å². The predicted molar refractivity (Wildman–Crippen MR) is 107 cm³/mol. The van der Waals surface area contributed by atoms with E-state index in [2.05, 4.69) is 5.10 Å². The number of rotatable bonds is 7. The van der Waals surface area contributed by atoms with E-state index in [1.165, 1.54) is 22.7 Å². The molecule has 1 aromatic carbocycles. The van der Waals surface area contributed by atoms with E-state index < -0.39 is 17.2 Å². The zero-order chi connectivity index (χ0) is 21.3. The smallest absolute Gasteiger partial charge is 0.215 e. The highest BCUT2D eigenvalue weighted by Crippen LogP contribution is 2.26. The monoisotopic (exact) mass is 401 g/mol. The van der Waals surface area contributed by atoms with Gasteiger partial charge in [0.15, 0.2) is 5.78 Å². The quantitative estimate of drug-likeness (QED) is 0.592. The van der Waals surface area contributed by atoms with Crippen molar-refractivity contribution in [2.45, 2.75) is 52.7 Å². The Labute approximate surface area is 168 Å². The second-order valence-electron chi connectivity index (χ2n) is 8.03. The van der Waals surface area contributed by atoms with E-state index in [1.807, 2.05) is 26.8 Å². The number of nitrogens with zero attached hydrogens (tertiary/aromatic N) is 2. The molecule has 0 atom stereocenters. The number of aryl methyl sites for hydroxylation is 2. The van der Waals surface area contributed by atoms with Gasteiger partial charge in [-0.05, 0) is 57.9 Å². The van der Waals surface area contributed by atoms with Crippen LogP contribution < -0.4 is 10.5 Å². The van der Waals surface area contributed by atoms with Gasteiger partial charge in [0.1, 0.15) is 18.2 Å². The maximum absolute atomic E-state index is 13.9. The Kier molecular flexibility index (Phi) is 5.71. The molecule has 0 bridgehead atoms. The van der Waals surface area contributed by atoms with Crippen molar-refractivity contribution >= 4 is 11.3 Å². The maximum atomic E-state index is 13.9. The highest BCUT2D eigenvalue weighted by Gasteiger charge is 2.22. The molecule has 29 heavy (non-hydrogen) atoms. The number of carbonyl (C=O) groups excluding carboxylic acids is 1. The van der Waals surface area contributed by atoms with Crippen LogP contribution in [0.3, 0.4) is 0 Å². The molecule has 154 valence electrons. The third-order valence-electron chi connectivity index (χ3n) is 4.72. The number of ketones is 1. The van der Waals surface area contributed by atoms with E-state index >= 15 is 0 Å². The van der Waals surface area contributed by atoms with E-state index in [1.54, 1.807) is 13.0 Å². The summed E-state index contributed by atoms with van der Waals surface area (Å²) in [6.07, 6.45) is 0.848. The Bertz CT molecular complexity index is 1050. The number of nitrogens with two attached hydrogens (primary N) is 1. The summed E-state index contributed by atoms with van der Waals surface area (Å²) in [6.45, 7) is 7.07. The van der Waals surface area contributed by atoms with Gasteiger partial charge in [-0.3, -0.25) is 4.79 Å². The number of ether oxygens (including phenoxy) is 1. The van der Waals surface area contributed by atoms with Crippen LogP contribution in [0, 0.1) is 25.5 Å². The number of pyridine rings is 1. The highest BCUT2D eigenvalue weighted by atomic mass is 19.1. The van der Waals surface area contributed by atoms with Crippen LogP contribution in [0.25, 0.3) is 5.52 Å². The van der Waals surface area contributed by atoms with Crippen LogP contribution in [-0.4, -0.2) is 20.9 Å². The molecule has 0 unspecified atom stereocenters. The van der Waals surface area contributed by atoms with Crippen LogP contribution in [-0.2, 0) is 6.61 Å². The molecule has 0 aliphatic heterocycles. The zero-order valence-electron chi connectivity index (χ0n) is 17.1. The number of aromatic nitrogens is 2. The van der Waals surface area contributed by atoms with Crippen LogP contribution >= 0.6 is 0 Å². The number of benzene rings is 1. The van der Waals surface area contributed by atoms with Gasteiger partial charge in [-0.1, -0.05) is 6.07 Å². The van der Waals surface area contributed by atoms with Gasteiger partial charge in [-0.2, -0.15) is 5.10 Å². The molecule has 0 radical (unpaired) electrons. The van der Waals surface area contributed by atoms with Crippen LogP contribution in [0.15, 0.2) is 30.3 Å². The van der Waals surface area contributed by atoms with Gasteiger partial charge >= 0.3 is 0 Å². The summed E-state index contributed by atoms with van der Waals surface area (Å²) >= 11 is 0. The summed E-state index contributed by atoms with van der Waals surface area (Å²) in [7, 11) is 0. The van der Waals surface area contributed by atoms with E-state index in [9.17, 15) is 13.6 Å². The van der Waals surface area contributed by atoms with Crippen molar-refractivity contribution in [1.29, 1.82) is 0 Å². The van der Waals surface area contributed by atoms with E-state index in [0.717, 1.165) is 5.56 Å². The molecule has 2 aromatic heterocycles. The molecule has 0 spiro atoms. The summed E-state index contributed by atoms with van der Waals surface area (Å²) < 4.78 is 35.0. The van der Waals surface area contributed by atoms with E-state index in [4.69, 9.17) is 10.5 Å². The standard InChI is InChI=1S/C22H25F2N3O2/c1-13-10-18-21(19(28)8-9-22(3,4)25)14(2)26-27(18)20(11-13)29-12-15-16(23)6-5-7-17(15)24/h5-7,10-11H,8-9,12,25H2,1-4H3. The molecule has 2 N–H and O–H groups in total. The molecule has 0 saturated heterocycles. The van der Waals surface area contributed by atoms with Gasteiger partial charge in [0, 0.05) is 18.0 Å². The fourth-order valence-corrected chi connectivity index (χ4v) is 3.18. The minimum absolute atomic E-state index is 0.0484. The predicted octanol–water partition coefficient (Wildman–Crippen LogP) is 4.51. The normalized spacial score (nSPS) is 11.8. The summed E-state index contributed by atoms with van der Waals surface area (Å²) in [4.78, 5) is 12.8. The largest absolute Gasteiger partial charge is 0.473 e. The number of hydrogen-bond donors (Lipinski definition) is 1. The van der Waals surface area contributed by atoms with Crippen LogP contribution in [0.1, 0.15) is 53.9 Å². The van der Waals surface area contributed by atoms with Crippen LogP contribution in [0.2, 0.25) is 0 Å². The van der Waals surface area contributed by atoms with Crippen molar-refractivity contribution in [2.75, 3.05) is 0 Å². The lowest BCUT2D eigenvalue weighted by molar-refractivity contribution is 0.0973. The molecule has 0 amide bonds. The lowest BCUT2D eigenvalue weighted by Gasteiger charge is -2.17. The fraction of sp³-hybridized carbons (Fsp3) is 0.364. The lowest BCUT2D eigenvalue weighted by Crippen LogP contribution is -2.32. The van der Waals surface area contributed by atoms with Crippen LogP contribution in [0.5, 0.6) is 5.88 Å². The topological polar surface area (TPSA) is 69.6 Å². The van der Waals surface area contributed by atoms with Crippen molar-refractivity contribution < 1.29 is 18.3 Å². The molecular formula is C22H25F2N3O2. The van der Waals surface area contributed by atoms with Gasteiger partial charge in [0.05, 0.1) is 22.3 Å². The summed E-state index contributed by atoms with van der Waals surface area (Å²) in [6, 6.07) is 7.23. The van der Waals surface area contributed by atoms with Gasteiger partial charge in [-0.15, -0.1) is 0 Å². The molecule has 5 nitrogen and oxygen atoms in total. The van der Waals surface area contributed by atoms with Crippen molar-refractivity contribution in [3.63, 3.8) is 0 Å². The maximum Gasteiger partial charge on any atom is 0.215 e. The van der Waals surface area contributed by atoms with E-state index in [-0.39, 0.29) is 18.0 Å². The summed E-state index contributed by atoms with van der Waals surface area (Å²) in [5.41, 5.74) is 7.92. The molecule has 0 fully saturated rings. The van der Waals surface area contributed by atoms with Crippen molar-refractivity contribution in [2.24, 2.45) is 5.73 Å². The summed E-state index contributed by atoms with van der Waals surface area (Å²) in [5, 5.41) is 4.43. The molecular weight excluding hydrogens is 376 g/mol. The number of carbonyl (C=O) groups is 1. The van der Waals surface area contributed by atoms with Gasteiger partial charge < -0.3 is 10.5 Å². The van der Waals surface area contributed by atoms with Crippen LogP contribution in [0.4, 0.5) is 8.78 Å². The Hall–Kier alpha value is -2.80. The molecule has 0 aliphatic carbocycles. The lowest BCUT2D eigenvalue weighted by atomic mass is 9.95. The third kappa shape index (κ3) is 4.62. The molecule has 0 aliphatic rings. The number of hydrogen-bond acceptors (Lipinski definition) is 4. The first-order valence-electron chi connectivity index (χ1n) is 9.44. The number of fused-ring (bicyclic) bond motifs is 1. The number of halogens is 2. The Morgan fingerprint density at radius 1 is 1.21 bits per heavy atom. The molecule has 3 aromatic rings. The minimum atomic E-state index is -0.675. The van der Waals surface area contributed by atoms with Gasteiger partial charge in [0.2, 0.25) is 5.88 Å².